The number of hydrogen-bond donors (Lipinski definition) is 0. The average Bonchev–Trinajstić information content (AvgIpc) is 2.77. The third kappa shape index (κ3) is 5.67. The van der Waals surface area contributed by atoms with E-state index in [0.29, 0.717) is 44.5 Å². The predicted octanol–water partition coefficient (Wildman–Crippen LogP) is 4.63. The Bertz CT molecular complexity index is 767. The van der Waals surface area contributed by atoms with Crippen LogP contribution < -0.4 is 0 Å². The van der Waals surface area contributed by atoms with E-state index in [9.17, 15) is 31.1 Å². The molecule has 5 nitrogen and oxygen atoms in total. The minimum Gasteiger partial charge on any atom is -0.379 e. The summed E-state index contributed by atoms with van der Waals surface area (Å²) in [4.78, 5) is 18.1. The van der Waals surface area contributed by atoms with E-state index >= 15 is 0 Å². The monoisotopic (exact) mass is 467 g/mol. The first-order chi connectivity index (χ1) is 14.9. The molecule has 0 spiro atoms. The number of alkyl halides is 6. The van der Waals surface area contributed by atoms with Crippen LogP contribution in [0.2, 0.25) is 0 Å². The van der Waals surface area contributed by atoms with Crippen molar-refractivity contribution >= 4 is 6.03 Å². The van der Waals surface area contributed by atoms with Crippen LogP contribution in [-0.4, -0.2) is 73.2 Å². The van der Waals surface area contributed by atoms with Crippen molar-refractivity contribution in [2.75, 3.05) is 46.4 Å². The van der Waals surface area contributed by atoms with Crippen molar-refractivity contribution in [3.05, 3.63) is 34.9 Å². The Morgan fingerprint density at radius 2 is 1.47 bits per heavy atom. The number of morpholine rings is 1. The number of carbonyl (C=O) groups excluding carboxylic acids is 1. The molecule has 1 atom stereocenters. The number of urea groups is 1. The lowest BCUT2D eigenvalue weighted by Gasteiger charge is -2.41. The van der Waals surface area contributed by atoms with Gasteiger partial charge in [0.1, 0.15) is 0 Å². The average molecular weight is 467 g/mol. The Kier molecular flexibility index (Phi) is 7.28. The lowest BCUT2D eigenvalue weighted by molar-refractivity contribution is -0.143. The summed E-state index contributed by atoms with van der Waals surface area (Å²) in [7, 11) is 1.40. The Morgan fingerprint density at radius 1 is 0.969 bits per heavy atom. The number of piperidine rings is 1. The quantitative estimate of drug-likeness (QED) is 0.608. The molecule has 0 bridgehead atoms. The summed E-state index contributed by atoms with van der Waals surface area (Å²) in [5, 5.41) is 0. The molecule has 2 aliphatic heterocycles. The summed E-state index contributed by atoms with van der Waals surface area (Å²) >= 11 is 0. The molecule has 2 aliphatic rings. The van der Waals surface area contributed by atoms with Gasteiger partial charge in [0.2, 0.25) is 0 Å². The highest BCUT2D eigenvalue weighted by Gasteiger charge is 2.38. The maximum absolute atomic E-state index is 13.2. The third-order valence-corrected chi connectivity index (χ3v) is 6.27. The second kappa shape index (κ2) is 9.46. The molecule has 0 radical (unpaired) electrons. The van der Waals surface area contributed by atoms with Crippen LogP contribution in [-0.2, 0) is 17.1 Å². The topological polar surface area (TPSA) is 36.0 Å². The minimum absolute atomic E-state index is 0.0917. The third-order valence-electron chi connectivity index (χ3n) is 6.27. The molecule has 0 N–H and O–H groups in total. The van der Waals surface area contributed by atoms with Crippen molar-refractivity contribution in [1.29, 1.82) is 0 Å². The van der Waals surface area contributed by atoms with Crippen molar-refractivity contribution < 1.29 is 35.9 Å². The van der Waals surface area contributed by atoms with Crippen LogP contribution in [0.5, 0.6) is 0 Å². The van der Waals surface area contributed by atoms with Gasteiger partial charge in [0.05, 0.1) is 30.4 Å². The Labute approximate surface area is 182 Å². The molecular formula is C21H27F6N3O2. The second-order valence-corrected chi connectivity index (χ2v) is 8.28. The Hall–Kier alpha value is -2.01. The molecule has 0 aromatic heterocycles. The van der Waals surface area contributed by atoms with Crippen LogP contribution in [0.25, 0.3) is 0 Å². The summed E-state index contributed by atoms with van der Waals surface area (Å²) in [6.45, 7) is 5.42. The number of nitrogens with zero attached hydrogens (tertiary/aromatic N) is 3. The fourth-order valence-corrected chi connectivity index (χ4v) is 4.20. The van der Waals surface area contributed by atoms with Gasteiger partial charge in [-0.25, -0.2) is 4.79 Å². The van der Waals surface area contributed by atoms with Crippen molar-refractivity contribution in [2.45, 2.75) is 44.2 Å². The molecule has 2 amide bonds. The van der Waals surface area contributed by atoms with Gasteiger partial charge in [-0.05, 0) is 43.5 Å². The van der Waals surface area contributed by atoms with Gasteiger partial charge < -0.3 is 14.5 Å². The summed E-state index contributed by atoms with van der Waals surface area (Å²) in [6, 6.07) is 0.396. The van der Waals surface area contributed by atoms with Crippen molar-refractivity contribution in [3.63, 3.8) is 0 Å². The zero-order valence-corrected chi connectivity index (χ0v) is 18.0. The standard InChI is InChI=1S/C21H27F6N3O2/c1-14(15-11-16(20(22,23)24)13-17(12-15)21(25,26)27)28(2)19(31)30-5-3-18(4-6-30)29-7-9-32-10-8-29/h11-14,18H,3-10H2,1-2H3/t14-/m0/s1. The molecule has 1 aromatic rings. The summed E-state index contributed by atoms with van der Waals surface area (Å²) in [6.07, 6.45) is -8.34. The predicted molar refractivity (Wildman–Crippen MR) is 105 cm³/mol. The van der Waals surface area contributed by atoms with Crippen LogP contribution in [0, 0.1) is 0 Å². The van der Waals surface area contributed by atoms with Gasteiger partial charge in [0.15, 0.2) is 0 Å². The second-order valence-electron chi connectivity index (χ2n) is 8.28. The maximum Gasteiger partial charge on any atom is 0.416 e. The lowest BCUT2D eigenvalue weighted by atomic mass is 9.99. The van der Waals surface area contributed by atoms with Gasteiger partial charge in [0.25, 0.3) is 0 Å². The van der Waals surface area contributed by atoms with E-state index < -0.39 is 35.6 Å². The van der Waals surface area contributed by atoms with Crippen LogP contribution in [0.15, 0.2) is 18.2 Å². The van der Waals surface area contributed by atoms with Gasteiger partial charge in [-0.1, -0.05) is 0 Å². The van der Waals surface area contributed by atoms with Crippen molar-refractivity contribution in [2.24, 2.45) is 0 Å². The molecule has 0 unspecified atom stereocenters. The zero-order valence-electron chi connectivity index (χ0n) is 18.0. The van der Waals surface area contributed by atoms with E-state index in [-0.39, 0.29) is 11.6 Å². The molecule has 2 heterocycles. The molecule has 2 saturated heterocycles. The van der Waals surface area contributed by atoms with Crippen LogP contribution in [0.3, 0.4) is 0 Å². The minimum atomic E-state index is -4.93. The molecule has 2 fully saturated rings. The highest BCUT2D eigenvalue weighted by Crippen LogP contribution is 2.38. The molecule has 3 rings (SSSR count). The molecule has 180 valence electrons. The van der Waals surface area contributed by atoms with Gasteiger partial charge in [-0.3, -0.25) is 4.90 Å². The first-order valence-corrected chi connectivity index (χ1v) is 10.5. The molecule has 0 aliphatic carbocycles. The van der Waals surface area contributed by atoms with Gasteiger partial charge in [0, 0.05) is 39.3 Å². The number of halogens is 6. The Balaban J connectivity index is 1.71. The Morgan fingerprint density at radius 3 is 1.94 bits per heavy atom. The first-order valence-electron chi connectivity index (χ1n) is 10.5. The van der Waals surface area contributed by atoms with Crippen molar-refractivity contribution in [1.82, 2.24) is 14.7 Å². The van der Waals surface area contributed by atoms with E-state index in [1.54, 1.807) is 4.90 Å². The molecular weight excluding hydrogens is 440 g/mol. The normalized spacial score (nSPS) is 20.3. The smallest absolute Gasteiger partial charge is 0.379 e. The van der Waals surface area contributed by atoms with Gasteiger partial charge in [-0.15, -0.1) is 0 Å². The molecule has 0 saturated carbocycles. The number of benzene rings is 1. The van der Waals surface area contributed by atoms with Crippen molar-refractivity contribution in [3.8, 4) is 0 Å². The highest BCUT2D eigenvalue weighted by molar-refractivity contribution is 5.74. The van der Waals surface area contributed by atoms with Crippen LogP contribution in [0.4, 0.5) is 31.1 Å². The fourth-order valence-electron chi connectivity index (χ4n) is 4.20. The van der Waals surface area contributed by atoms with Gasteiger partial charge in [-0.2, -0.15) is 26.3 Å². The summed E-state index contributed by atoms with van der Waals surface area (Å²) in [5.74, 6) is 0. The number of hydrogen-bond acceptors (Lipinski definition) is 3. The van der Waals surface area contributed by atoms with E-state index in [0.717, 1.165) is 25.9 Å². The number of ether oxygens (including phenoxy) is 1. The van der Waals surface area contributed by atoms with Crippen LogP contribution in [0.1, 0.15) is 42.5 Å². The van der Waals surface area contributed by atoms with E-state index in [4.69, 9.17) is 4.74 Å². The highest BCUT2D eigenvalue weighted by atomic mass is 19.4. The fraction of sp³-hybridized carbons (Fsp3) is 0.667. The lowest BCUT2D eigenvalue weighted by Crippen LogP contribution is -2.52. The molecule has 32 heavy (non-hydrogen) atoms. The number of rotatable bonds is 3. The first kappa shape index (κ1) is 24.6. The largest absolute Gasteiger partial charge is 0.416 e. The zero-order chi connectivity index (χ0) is 23.7. The van der Waals surface area contributed by atoms with E-state index in [2.05, 4.69) is 4.90 Å². The van der Waals surface area contributed by atoms with E-state index in [1.807, 2.05) is 0 Å². The number of carbonyl (C=O) groups is 1. The summed E-state index contributed by atoms with van der Waals surface area (Å²) < 4.78 is 84.4. The van der Waals surface area contributed by atoms with E-state index in [1.165, 1.54) is 18.9 Å². The maximum atomic E-state index is 13.2. The summed E-state index contributed by atoms with van der Waals surface area (Å²) in [5.41, 5.74) is -2.99. The number of likely N-dealkylation sites (tertiary alicyclic amines) is 1. The molecule has 1 aromatic carbocycles. The number of amides is 2. The SMILES string of the molecule is C[C@@H](c1cc(C(F)(F)F)cc(C(F)(F)F)c1)N(C)C(=O)N1CCC(N2CCOCC2)CC1. The van der Waals surface area contributed by atoms with Gasteiger partial charge >= 0.3 is 18.4 Å². The molecule has 11 heteroatoms. The van der Waals surface area contributed by atoms with Crippen LogP contribution >= 0.6 is 0 Å².